The molecule has 0 amide bonds. The Labute approximate surface area is 849 Å². The normalized spacial score (nSPS) is 11.7. The van der Waals surface area contributed by atoms with Crippen molar-refractivity contribution in [3.05, 3.63) is 391 Å². The van der Waals surface area contributed by atoms with Gasteiger partial charge in [0.1, 0.15) is 34.6 Å². The van der Waals surface area contributed by atoms with Gasteiger partial charge in [0.15, 0.2) is 0 Å². The molecular weight excluding hydrogens is 2230 g/mol. The van der Waals surface area contributed by atoms with Gasteiger partial charge in [0.05, 0.1) is 28.3 Å². The SMILES string of the molecule is CC(C)(C)c1cc(-c2nc(-c3[c-]c(N(c4ccccc4)c4ccccn4)ccc3)c(-c3ccccc3)n2-c2ccccc2-c2ccccc2)c(O)c(C(C)(C)C)c1.CC(C)(C)c1cc(-n2nc(-c3[c-]c(Oc4ccccn4)ccc3)c3ccccc32)c(O)c(C(C)(C)C)c1.Cc1c(-c2cc(C(C)(C)C)cc(C(C)(C)C)c2O)nc(-c2[c-]c(Oc3ccccn3)ccc2)n1-c1ccccc1.[Pt].[Pt].[Pt]. The van der Waals surface area contributed by atoms with Gasteiger partial charge in [-0.2, -0.15) is 0 Å². The van der Waals surface area contributed by atoms with Crippen LogP contribution in [0.1, 0.15) is 164 Å². The summed E-state index contributed by atoms with van der Waals surface area (Å²) in [4.78, 5) is 26.2. The number of imidazole rings is 2. The summed E-state index contributed by atoms with van der Waals surface area (Å²) in [7, 11) is 0. The molecule has 15 nitrogen and oxygen atoms in total. The van der Waals surface area contributed by atoms with Crippen LogP contribution in [0.5, 0.6) is 40.5 Å². The Morgan fingerprint density at radius 3 is 1.32 bits per heavy atom. The van der Waals surface area contributed by atoms with Crippen LogP contribution in [-0.2, 0) is 95.7 Å². The molecule has 0 aliphatic carbocycles. The van der Waals surface area contributed by atoms with E-state index in [-0.39, 0.29) is 113 Å². The number of phenolic OH excluding ortho intramolecular Hbond substituents is 3. The summed E-state index contributed by atoms with van der Waals surface area (Å²) >= 11 is 0. The number of nitrogens with zero attached hydrogens (tertiary/aromatic N) is 10. The van der Waals surface area contributed by atoms with E-state index in [9.17, 15) is 15.3 Å². The first kappa shape index (κ1) is 101. The molecule has 0 aliphatic heterocycles. The summed E-state index contributed by atoms with van der Waals surface area (Å²) < 4.78 is 18.1. The second-order valence-corrected chi connectivity index (χ2v) is 40.0. The van der Waals surface area contributed by atoms with Crippen LogP contribution >= 0.6 is 0 Å². The van der Waals surface area contributed by atoms with E-state index >= 15 is 0 Å². The fraction of sp³-hybridized carbons (Fsp3) is 0.210. The third kappa shape index (κ3) is 22.4. The Bertz CT molecular complexity index is 7170. The van der Waals surface area contributed by atoms with Gasteiger partial charge in [-0.05, 0) is 157 Å². The number of ether oxygens (including phenoxy) is 2. The number of benzene rings is 12. The number of fused-ring (bicyclic) bond motifs is 1. The van der Waals surface area contributed by atoms with Crippen molar-refractivity contribution in [1.82, 2.24) is 43.8 Å². The minimum atomic E-state index is -0.334. The Hall–Kier alpha value is -13.2. The Morgan fingerprint density at radius 1 is 0.336 bits per heavy atom. The number of hydrogen-bond donors (Lipinski definition) is 3. The second-order valence-electron chi connectivity index (χ2n) is 40.0. The first-order valence-corrected chi connectivity index (χ1v) is 45.6. The van der Waals surface area contributed by atoms with E-state index in [0.29, 0.717) is 46.2 Å². The molecular formula is C119H115N10O5Pt3-3. The van der Waals surface area contributed by atoms with E-state index in [1.165, 1.54) is 0 Å². The molecule has 18 rings (SSSR count). The summed E-state index contributed by atoms with van der Waals surface area (Å²) in [6.07, 6.45) is 5.20. The molecule has 18 heteroatoms. The zero-order valence-electron chi connectivity index (χ0n) is 80.8. The topological polar surface area (TPSA) is 175 Å². The van der Waals surface area contributed by atoms with Gasteiger partial charge in [-0.1, -0.05) is 307 Å². The van der Waals surface area contributed by atoms with Crippen molar-refractivity contribution in [2.45, 2.75) is 164 Å². The summed E-state index contributed by atoms with van der Waals surface area (Å²) in [5.41, 5.74) is 21.1. The zero-order valence-corrected chi connectivity index (χ0v) is 87.6. The van der Waals surface area contributed by atoms with Crippen molar-refractivity contribution >= 4 is 28.1 Å². The largest absolute Gasteiger partial charge is 0.507 e. The Kier molecular flexibility index (Phi) is 30.9. The van der Waals surface area contributed by atoms with Gasteiger partial charge in [-0.15, -0.1) is 77.4 Å². The number of aromatic hydroxyl groups is 3. The van der Waals surface area contributed by atoms with Gasteiger partial charge in [-0.25, -0.2) is 24.7 Å². The quantitative estimate of drug-likeness (QED) is 0.0737. The maximum atomic E-state index is 12.5. The Morgan fingerprint density at radius 2 is 0.781 bits per heavy atom. The number of pyridine rings is 3. The van der Waals surface area contributed by atoms with Gasteiger partial charge in [0.25, 0.3) is 0 Å². The van der Waals surface area contributed by atoms with Gasteiger partial charge in [-0.3, -0.25) is 9.97 Å². The number of phenols is 3. The second kappa shape index (κ2) is 41.8. The maximum absolute atomic E-state index is 12.5. The number of aromatic nitrogens is 9. The van der Waals surface area contributed by atoms with Crippen LogP contribution < -0.4 is 14.4 Å². The van der Waals surface area contributed by atoms with E-state index < -0.39 is 0 Å². The molecule has 137 heavy (non-hydrogen) atoms. The van der Waals surface area contributed by atoms with Crippen LogP contribution in [0.4, 0.5) is 17.2 Å². The Balaban J connectivity index is 0.000000177. The molecule has 3 N–H and O–H groups in total. The van der Waals surface area contributed by atoms with Crippen molar-refractivity contribution in [1.29, 1.82) is 0 Å². The molecule has 0 bridgehead atoms. The average molecular weight is 2350 g/mol. The first-order valence-electron chi connectivity index (χ1n) is 45.6. The van der Waals surface area contributed by atoms with Crippen LogP contribution in [-0.4, -0.2) is 59.2 Å². The fourth-order valence-corrected chi connectivity index (χ4v) is 16.6. The molecule has 0 radical (unpaired) electrons. The molecule has 0 unspecified atom stereocenters. The van der Waals surface area contributed by atoms with E-state index in [1.807, 2.05) is 182 Å². The molecule has 12 aromatic carbocycles. The van der Waals surface area contributed by atoms with E-state index in [1.54, 1.807) is 12.4 Å². The van der Waals surface area contributed by atoms with Crippen LogP contribution in [0.25, 0.3) is 107 Å². The first-order chi connectivity index (χ1) is 63.9. The van der Waals surface area contributed by atoms with Crippen LogP contribution in [0, 0.1) is 25.1 Å². The number of hydrogen-bond acceptors (Lipinski definition) is 12. The summed E-state index contributed by atoms with van der Waals surface area (Å²) in [5, 5.41) is 41.6. The van der Waals surface area contributed by atoms with Gasteiger partial charge >= 0.3 is 0 Å². The minimum absolute atomic E-state index is 0. The standard InChI is InChI=1S/C52H47N4O.C35H36N3O2.C32H32N3O2.3Pt/c1-51(2,3)39-34-43(49(57)44(35-39)52(4,5)6)50-54-47(38-25-20-28-41(33-38)55(40-26-14-9-15-27-40)46-31-18-19-32-53-46)48(37-23-12-8-13-24-37)56(50)45-30-17-16-29-42(45)36-21-10-7-11-22-36;1-23-31(28-21-25(34(2,3)4)22-29(32(28)39)35(5,6)7)37-33(38(23)26-15-9-8-10-16-26)24-14-13-17-27(20-24)40-30-18-11-12-19-36-30;1-31(2,3)22-19-25(32(4,5)6)30(36)27(20-22)35-26-15-8-7-14-24(26)29(34-35)21-12-11-13-23(18-21)37-28-16-9-10-17-33-28;;;/h7-32,34-35,57H,1-6H3;8-19,21-22,39H,1-7H3;7-17,19-20,36H,1-6H3;;;/q3*-1;;;. The van der Waals surface area contributed by atoms with E-state index in [0.717, 1.165) is 140 Å². The van der Waals surface area contributed by atoms with Gasteiger partial charge in [0.2, 0.25) is 11.8 Å². The van der Waals surface area contributed by atoms with Crippen molar-refractivity contribution in [2.75, 3.05) is 4.90 Å². The zero-order chi connectivity index (χ0) is 94.8. The molecule has 18 aromatic rings. The maximum Gasteiger partial charge on any atom is 0.217 e. The van der Waals surface area contributed by atoms with Crippen LogP contribution in [0.2, 0.25) is 0 Å². The van der Waals surface area contributed by atoms with E-state index in [4.69, 9.17) is 29.5 Å². The fourth-order valence-electron chi connectivity index (χ4n) is 16.6. The number of anilines is 3. The van der Waals surface area contributed by atoms with E-state index in [2.05, 4.69) is 318 Å². The summed E-state index contributed by atoms with van der Waals surface area (Å²) in [6.45, 7) is 41.0. The summed E-state index contributed by atoms with van der Waals surface area (Å²) in [6, 6.07) is 116. The third-order valence-corrected chi connectivity index (χ3v) is 23.8. The minimum Gasteiger partial charge on any atom is -0.507 e. The van der Waals surface area contributed by atoms with Gasteiger partial charge in [0, 0.05) is 167 Å². The van der Waals surface area contributed by atoms with Gasteiger partial charge < -0.3 is 38.8 Å². The molecule has 0 aliphatic rings. The van der Waals surface area contributed by atoms with Crippen molar-refractivity contribution in [2.24, 2.45) is 0 Å². The number of rotatable bonds is 17. The molecule has 6 heterocycles. The number of para-hydroxylation sites is 4. The molecule has 6 aromatic heterocycles. The van der Waals surface area contributed by atoms with Crippen LogP contribution in [0.15, 0.2) is 334 Å². The van der Waals surface area contributed by atoms with Crippen molar-refractivity contribution in [3.63, 3.8) is 0 Å². The average Bonchev–Trinajstić information content (AvgIpc) is 1.59. The molecule has 0 spiro atoms. The van der Waals surface area contributed by atoms with Crippen molar-refractivity contribution in [3.8, 4) is 137 Å². The van der Waals surface area contributed by atoms with Crippen LogP contribution in [0.3, 0.4) is 0 Å². The molecule has 0 atom stereocenters. The molecule has 0 saturated carbocycles. The monoisotopic (exact) mass is 2350 g/mol. The smallest absolute Gasteiger partial charge is 0.217 e. The molecule has 704 valence electrons. The predicted molar refractivity (Wildman–Crippen MR) is 546 cm³/mol. The summed E-state index contributed by atoms with van der Waals surface area (Å²) in [5.74, 6) is 4.99. The molecule has 0 saturated heterocycles. The molecule has 0 fully saturated rings. The van der Waals surface area contributed by atoms with Crippen molar-refractivity contribution < 1.29 is 88.0 Å². The third-order valence-electron chi connectivity index (χ3n) is 23.8. The predicted octanol–water partition coefficient (Wildman–Crippen LogP) is 30.3.